The van der Waals surface area contributed by atoms with Crippen LogP contribution in [0.4, 0.5) is 0 Å². The number of benzene rings is 4. The van der Waals surface area contributed by atoms with E-state index in [-0.39, 0.29) is 0 Å². The molecule has 9 rings (SSSR count). The molecule has 0 aliphatic carbocycles. The summed E-state index contributed by atoms with van der Waals surface area (Å²) in [6, 6.07) is 56.9. The molecule has 0 radical (unpaired) electrons. The minimum Gasteiger partial charge on any atom is -0.256 e. The van der Waals surface area contributed by atoms with Gasteiger partial charge < -0.3 is 0 Å². The number of aromatic nitrogens is 5. The van der Waals surface area contributed by atoms with Gasteiger partial charge >= 0.3 is 0 Å². The molecule has 0 bridgehead atoms. The molecule has 0 saturated carbocycles. The maximum atomic E-state index is 4.85. The highest BCUT2D eigenvalue weighted by molar-refractivity contribution is 5.94. The van der Waals surface area contributed by atoms with E-state index in [2.05, 4.69) is 126 Å². The fourth-order valence-electron chi connectivity index (χ4n) is 7.60. The van der Waals surface area contributed by atoms with E-state index in [0.717, 1.165) is 101 Å². The molecule has 290 valence electrons. The summed E-state index contributed by atoms with van der Waals surface area (Å²) in [5, 5.41) is 0. The topological polar surface area (TPSA) is 64.5 Å². The van der Waals surface area contributed by atoms with Gasteiger partial charge in [-0.3, -0.25) is 24.9 Å². The zero-order valence-corrected chi connectivity index (χ0v) is 33.7. The van der Waals surface area contributed by atoms with Crippen LogP contribution < -0.4 is 0 Å². The molecule has 4 aromatic carbocycles. The Bertz CT molecular complexity index is 2860. The zero-order chi connectivity index (χ0) is 41.4. The Labute approximate surface area is 356 Å². The predicted octanol–water partition coefficient (Wildman–Crippen LogP) is 14.1. The van der Waals surface area contributed by atoms with Crippen LogP contribution in [0.1, 0.15) is 12.6 Å². The summed E-state index contributed by atoms with van der Waals surface area (Å²) in [7, 11) is 0. The predicted molar refractivity (Wildman–Crippen MR) is 252 cm³/mol. The van der Waals surface area contributed by atoms with Gasteiger partial charge in [-0.05, 0) is 123 Å². The lowest BCUT2D eigenvalue weighted by atomic mass is 9.86. The smallest absolute Gasteiger partial charge is 0.0886 e. The van der Waals surface area contributed by atoms with Crippen molar-refractivity contribution in [2.75, 3.05) is 0 Å². The Morgan fingerprint density at radius 3 is 1.10 bits per heavy atom. The highest BCUT2D eigenvalue weighted by atomic mass is 14.8. The molecular formula is C56H41N5. The van der Waals surface area contributed by atoms with Gasteiger partial charge in [0.1, 0.15) is 0 Å². The number of hydrogen-bond acceptors (Lipinski definition) is 5. The van der Waals surface area contributed by atoms with Crippen molar-refractivity contribution in [1.82, 2.24) is 24.9 Å². The van der Waals surface area contributed by atoms with Gasteiger partial charge in [0.25, 0.3) is 0 Å². The molecule has 61 heavy (non-hydrogen) atoms. The largest absolute Gasteiger partial charge is 0.256 e. The number of hydrogen-bond donors (Lipinski definition) is 0. The first kappa shape index (κ1) is 38.4. The molecule has 5 nitrogen and oxygen atoms in total. The Balaban J connectivity index is 1.18. The number of allylic oxidation sites excluding steroid dienone is 5. The molecule has 9 aromatic rings. The van der Waals surface area contributed by atoms with E-state index in [1.54, 1.807) is 12.4 Å². The third-order valence-corrected chi connectivity index (χ3v) is 10.7. The minimum absolute atomic E-state index is 0.832. The first-order valence-electron chi connectivity index (χ1n) is 20.3. The van der Waals surface area contributed by atoms with Crippen LogP contribution in [0.3, 0.4) is 0 Å². The molecule has 5 heterocycles. The van der Waals surface area contributed by atoms with Gasteiger partial charge in [-0.2, -0.15) is 0 Å². The highest BCUT2D eigenvalue weighted by Gasteiger charge is 2.17. The molecule has 0 amide bonds. The van der Waals surface area contributed by atoms with Crippen molar-refractivity contribution in [3.05, 3.63) is 231 Å². The van der Waals surface area contributed by atoms with E-state index in [0.29, 0.717) is 0 Å². The van der Waals surface area contributed by atoms with E-state index >= 15 is 0 Å². The van der Waals surface area contributed by atoms with E-state index in [4.69, 9.17) is 15.0 Å². The second-order valence-corrected chi connectivity index (χ2v) is 14.6. The summed E-state index contributed by atoms with van der Waals surface area (Å²) in [6.07, 6.45) is 17.4. The molecule has 0 unspecified atom stereocenters. The van der Waals surface area contributed by atoms with Crippen LogP contribution in [0.25, 0.3) is 95.1 Å². The van der Waals surface area contributed by atoms with Crippen LogP contribution in [0.15, 0.2) is 226 Å². The molecule has 0 spiro atoms. The Kier molecular flexibility index (Phi) is 11.2. The first-order valence-corrected chi connectivity index (χ1v) is 20.3. The van der Waals surface area contributed by atoms with Crippen molar-refractivity contribution in [3.63, 3.8) is 0 Å². The summed E-state index contributed by atoms with van der Waals surface area (Å²) in [5.41, 5.74) is 17.9. The van der Waals surface area contributed by atoms with Crippen LogP contribution in [0, 0.1) is 0 Å². The lowest BCUT2D eigenvalue weighted by Crippen LogP contribution is -1.93. The lowest BCUT2D eigenvalue weighted by molar-refractivity contribution is 1.25. The van der Waals surface area contributed by atoms with Crippen LogP contribution in [0.5, 0.6) is 0 Å². The van der Waals surface area contributed by atoms with Gasteiger partial charge in [-0.25, -0.2) is 0 Å². The molecule has 5 aromatic heterocycles. The quantitative estimate of drug-likeness (QED) is 0.122. The zero-order valence-electron chi connectivity index (χ0n) is 33.7. The summed E-state index contributed by atoms with van der Waals surface area (Å²) in [6.45, 7) is 6.23. The van der Waals surface area contributed by atoms with Gasteiger partial charge in [0.05, 0.1) is 28.5 Å². The van der Waals surface area contributed by atoms with Crippen LogP contribution in [-0.2, 0) is 0 Å². The summed E-state index contributed by atoms with van der Waals surface area (Å²) in [4.78, 5) is 23.6. The van der Waals surface area contributed by atoms with E-state index in [9.17, 15) is 0 Å². The molecule has 0 aliphatic rings. The van der Waals surface area contributed by atoms with Crippen molar-refractivity contribution in [1.29, 1.82) is 0 Å². The molecule has 0 atom stereocenters. The average Bonchev–Trinajstić information content (AvgIpc) is 3.34. The molecule has 0 fully saturated rings. The maximum Gasteiger partial charge on any atom is 0.0886 e. The monoisotopic (exact) mass is 783 g/mol. The second-order valence-electron chi connectivity index (χ2n) is 14.6. The van der Waals surface area contributed by atoms with Crippen molar-refractivity contribution in [2.24, 2.45) is 0 Å². The third kappa shape index (κ3) is 8.40. The first-order chi connectivity index (χ1) is 30.1. The summed E-state index contributed by atoms with van der Waals surface area (Å²) in [5.74, 6) is 0. The van der Waals surface area contributed by atoms with Crippen LogP contribution in [-0.4, -0.2) is 24.9 Å². The number of pyridine rings is 5. The van der Waals surface area contributed by atoms with E-state index in [1.165, 1.54) is 0 Å². The standard InChI is InChI=1S/C56H41N5/c1-3-4-5-16-39(2)52-28-25-40(36-59-52)46-17-6-9-20-49(46)43-33-44(50-21-10-7-18-47(50)41-26-29-55(60-37-41)53-23-12-14-31-57-53)35-45(34-43)51-22-11-8-19-48(51)42-27-30-56(61-38-42)54-24-13-15-32-58-54/h3-38H,2H2,1H3/b4-3-,16-5-. The van der Waals surface area contributed by atoms with Crippen LogP contribution >= 0.6 is 0 Å². The fourth-order valence-corrected chi connectivity index (χ4v) is 7.60. The van der Waals surface area contributed by atoms with Crippen molar-refractivity contribution >= 4 is 5.57 Å². The second kappa shape index (κ2) is 17.8. The molecule has 0 aliphatic heterocycles. The van der Waals surface area contributed by atoms with E-state index < -0.39 is 0 Å². The Morgan fingerprint density at radius 1 is 0.377 bits per heavy atom. The summed E-state index contributed by atoms with van der Waals surface area (Å²) >= 11 is 0. The van der Waals surface area contributed by atoms with Crippen molar-refractivity contribution < 1.29 is 0 Å². The van der Waals surface area contributed by atoms with Gasteiger partial charge in [0, 0.05) is 47.7 Å². The normalized spacial score (nSPS) is 11.3. The lowest BCUT2D eigenvalue weighted by Gasteiger charge is -2.18. The summed E-state index contributed by atoms with van der Waals surface area (Å²) < 4.78 is 0. The highest BCUT2D eigenvalue weighted by Crippen LogP contribution is 2.42. The number of nitrogens with zero attached hydrogens (tertiary/aromatic N) is 5. The average molecular weight is 784 g/mol. The third-order valence-electron chi connectivity index (χ3n) is 10.7. The maximum absolute atomic E-state index is 4.85. The SMILES string of the molecule is C=C(/C=C\C=C/C)c1ccc(-c2ccccc2-c2cc(-c3ccccc3-c3ccc(-c4ccccn4)nc3)cc(-c3ccccc3-c3ccc(-c4ccccn4)nc3)c2)cn1. The van der Waals surface area contributed by atoms with Crippen molar-refractivity contribution in [2.45, 2.75) is 6.92 Å². The van der Waals surface area contributed by atoms with Crippen molar-refractivity contribution in [3.8, 4) is 89.5 Å². The fraction of sp³-hybridized carbons (Fsp3) is 0.0179. The van der Waals surface area contributed by atoms with Gasteiger partial charge in [-0.15, -0.1) is 0 Å². The molecular weight excluding hydrogens is 743 g/mol. The molecule has 0 saturated heterocycles. The van der Waals surface area contributed by atoms with Crippen LogP contribution in [0.2, 0.25) is 0 Å². The Morgan fingerprint density at radius 2 is 0.754 bits per heavy atom. The Hall–Kier alpha value is -8.15. The van der Waals surface area contributed by atoms with E-state index in [1.807, 2.05) is 104 Å². The molecule has 5 heteroatoms. The van der Waals surface area contributed by atoms with Gasteiger partial charge in [0.15, 0.2) is 0 Å². The van der Waals surface area contributed by atoms with Gasteiger partial charge in [-0.1, -0.05) is 134 Å². The molecule has 0 N–H and O–H groups in total. The minimum atomic E-state index is 0.832. The van der Waals surface area contributed by atoms with Gasteiger partial charge in [0.2, 0.25) is 0 Å². The number of rotatable bonds is 11.